The van der Waals surface area contributed by atoms with E-state index in [0.29, 0.717) is 28.5 Å². The van der Waals surface area contributed by atoms with Crippen molar-refractivity contribution >= 4 is 23.0 Å². The maximum atomic E-state index is 12.7. The zero-order valence-electron chi connectivity index (χ0n) is 17.7. The van der Waals surface area contributed by atoms with E-state index >= 15 is 0 Å². The third-order valence-electron chi connectivity index (χ3n) is 4.58. The number of hydrogen-bond acceptors (Lipinski definition) is 5. The second-order valence-electron chi connectivity index (χ2n) is 7.26. The minimum absolute atomic E-state index is 0.0546. The average Bonchev–Trinajstić information content (AvgIpc) is 2.66. The van der Waals surface area contributed by atoms with E-state index in [1.54, 1.807) is 19.1 Å². The number of fused-ring (bicyclic) bond motifs is 1. The predicted molar refractivity (Wildman–Crippen MR) is 116 cm³/mol. The van der Waals surface area contributed by atoms with Crippen molar-refractivity contribution in [2.75, 3.05) is 6.61 Å². The molecule has 2 aromatic rings. The van der Waals surface area contributed by atoms with Crippen LogP contribution in [0.5, 0.6) is 5.75 Å². The van der Waals surface area contributed by atoms with Gasteiger partial charge in [-0.2, -0.15) is 0 Å². The van der Waals surface area contributed by atoms with Crippen LogP contribution in [-0.4, -0.2) is 17.7 Å². The van der Waals surface area contributed by atoms with Crippen molar-refractivity contribution in [2.45, 2.75) is 59.8 Å². The Morgan fingerprint density at radius 3 is 2.62 bits per heavy atom. The van der Waals surface area contributed by atoms with Gasteiger partial charge in [-0.1, -0.05) is 43.6 Å². The first-order valence-electron chi connectivity index (χ1n) is 10.2. The number of esters is 1. The van der Waals surface area contributed by atoms with Crippen LogP contribution in [0.4, 0.5) is 0 Å². The number of carbonyl (C=O) groups excluding carboxylic acids is 1. The molecule has 0 saturated heterocycles. The smallest absolute Gasteiger partial charge is 0.351 e. The average molecular weight is 398 g/mol. The number of ether oxygens (including phenoxy) is 1. The number of phenols is 1. The summed E-state index contributed by atoms with van der Waals surface area (Å²) in [5.74, 6) is -0.663. The highest BCUT2D eigenvalue weighted by atomic mass is 16.5. The largest absolute Gasteiger partial charge is 0.508 e. The fraction of sp³-hybridized carbons (Fsp3) is 0.417. The van der Waals surface area contributed by atoms with Crippen molar-refractivity contribution in [2.24, 2.45) is 0 Å². The van der Waals surface area contributed by atoms with E-state index in [1.165, 1.54) is 6.07 Å². The summed E-state index contributed by atoms with van der Waals surface area (Å²) in [7, 11) is 0. The normalized spacial score (nSPS) is 11.2. The lowest BCUT2D eigenvalue weighted by Crippen LogP contribution is -2.19. The van der Waals surface area contributed by atoms with Crippen LogP contribution in [0.3, 0.4) is 0 Å². The van der Waals surface area contributed by atoms with Crippen molar-refractivity contribution in [1.29, 1.82) is 0 Å². The zero-order chi connectivity index (χ0) is 21.4. The number of carbonyl (C=O) groups is 1. The number of allylic oxidation sites excluding steroid dienone is 3. The molecule has 0 unspecified atom stereocenters. The van der Waals surface area contributed by atoms with Crippen molar-refractivity contribution in [1.82, 2.24) is 0 Å². The van der Waals surface area contributed by atoms with Gasteiger partial charge in [0.15, 0.2) is 5.56 Å². The number of aromatic hydroxyl groups is 1. The Morgan fingerprint density at radius 2 is 1.97 bits per heavy atom. The summed E-state index contributed by atoms with van der Waals surface area (Å²) < 4.78 is 10.6. The maximum absolute atomic E-state index is 12.7. The molecule has 1 aromatic carbocycles. The molecule has 1 N–H and O–H groups in total. The summed E-state index contributed by atoms with van der Waals surface area (Å²) >= 11 is 0. The molecule has 0 aliphatic rings. The van der Waals surface area contributed by atoms with Crippen LogP contribution < -0.4 is 5.63 Å². The fourth-order valence-electron chi connectivity index (χ4n) is 3.13. The molecule has 0 atom stereocenters. The zero-order valence-corrected chi connectivity index (χ0v) is 17.7. The van der Waals surface area contributed by atoms with Gasteiger partial charge in [-0.05, 0) is 52.2 Å². The topological polar surface area (TPSA) is 76.7 Å². The number of phenolic OH excluding ortho intramolecular Hbond substituents is 1. The van der Waals surface area contributed by atoms with Gasteiger partial charge >= 0.3 is 11.6 Å². The summed E-state index contributed by atoms with van der Waals surface area (Å²) in [6, 6.07) is 3.11. The lowest BCUT2D eigenvalue weighted by atomic mass is 9.99. The number of unbranched alkanes of at least 4 members (excludes halogenated alkanes) is 3. The van der Waals surface area contributed by atoms with E-state index in [1.807, 2.05) is 26.0 Å². The van der Waals surface area contributed by atoms with Gasteiger partial charge in [-0.15, -0.1) is 0 Å². The number of benzene rings is 1. The van der Waals surface area contributed by atoms with Crippen LogP contribution >= 0.6 is 0 Å². The summed E-state index contributed by atoms with van der Waals surface area (Å²) in [4.78, 5) is 25.2. The molecular weight excluding hydrogens is 368 g/mol. The van der Waals surface area contributed by atoms with Gasteiger partial charge in [-0.25, -0.2) is 9.59 Å². The number of hydrogen-bond donors (Lipinski definition) is 1. The monoisotopic (exact) mass is 398 g/mol. The Kier molecular flexibility index (Phi) is 8.25. The lowest BCUT2D eigenvalue weighted by Gasteiger charge is -2.11. The molecule has 29 heavy (non-hydrogen) atoms. The van der Waals surface area contributed by atoms with Gasteiger partial charge in [-0.3, -0.25) is 0 Å². The fourth-order valence-corrected chi connectivity index (χ4v) is 3.13. The minimum Gasteiger partial charge on any atom is -0.508 e. The van der Waals surface area contributed by atoms with Crippen LogP contribution in [0.25, 0.3) is 17.0 Å². The molecule has 0 radical (unpaired) electrons. The Bertz CT molecular complexity index is 975. The van der Waals surface area contributed by atoms with Gasteiger partial charge in [0.2, 0.25) is 0 Å². The minimum atomic E-state index is -0.728. The molecule has 1 heterocycles. The van der Waals surface area contributed by atoms with Gasteiger partial charge in [0.1, 0.15) is 11.3 Å². The second kappa shape index (κ2) is 10.6. The Hall–Kier alpha value is -2.82. The van der Waals surface area contributed by atoms with E-state index in [4.69, 9.17) is 9.15 Å². The van der Waals surface area contributed by atoms with Crippen LogP contribution in [-0.2, 0) is 11.2 Å². The lowest BCUT2D eigenvalue weighted by molar-refractivity contribution is 0.0521. The molecule has 5 heteroatoms. The Labute approximate surface area is 171 Å². The van der Waals surface area contributed by atoms with Gasteiger partial charge < -0.3 is 14.3 Å². The highest BCUT2D eigenvalue weighted by Gasteiger charge is 2.22. The molecule has 0 saturated carbocycles. The van der Waals surface area contributed by atoms with Crippen LogP contribution in [0.1, 0.15) is 74.9 Å². The maximum Gasteiger partial charge on any atom is 0.351 e. The van der Waals surface area contributed by atoms with Crippen LogP contribution in [0.2, 0.25) is 0 Å². The second-order valence-corrected chi connectivity index (χ2v) is 7.26. The van der Waals surface area contributed by atoms with Gasteiger partial charge in [0.05, 0.1) is 6.61 Å². The van der Waals surface area contributed by atoms with Crippen molar-refractivity contribution in [3.63, 3.8) is 0 Å². The molecule has 0 aliphatic heterocycles. The van der Waals surface area contributed by atoms with Crippen molar-refractivity contribution in [3.05, 3.63) is 57.0 Å². The number of rotatable bonds is 9. The highest BCUT2D eigenvalue weighted by Crippen LogP contribution is 2.30. The SMILES string of the molecule is CCCCC/C=C/c1c(C(=O)OCC)c(=O)oc2c(CC=C(C)C)cc(O)cc12. The van der Waals surface area contributed by atoms with Crippen molar-refractivity contribution in [3.8, 4) is 5.75 Å². The molecule has 0 aliphatic carbocycles. The molecule has 0 amide bonds. The van der Waals surface area contributed by atoms with E-state index in [-0.39, 0.29) is 17.9 Å². The molecule has 1 aromatic heterocycles. The molecule has 0 bridgehead atoms. The third kappa shape index (κ3) is 5.83. The van der Waals surface area contributed by atoms with Crippen molar-refractivity contribution < 1.29 is 19.1 Å². The van der Waals surface area contributed by atoms with E-state index < -0.39 is 11.6 Å². The molecule has 2 rings (SSSR count). The molecular formula is C24H30O5. The third-order valence-corrected chi connectivity index (χ3v) is 4.58. The Balaban J connectivity index is 2.70. The molecule has 0 spiro atoms. The summed E-state index contributed by atoms with van der Waals surface area (Å²) in [6.07, 6.45) is 10.3. The Morgan fingerprint density at radius 1 is 1.21 bits per heavy atom. The molecule has 156 valence electrons. The molecule has 5 nitrogen and oxygen atoms in total. The van der Waals surface area contributed by atoms with Crippen LogP contribution in [0.15, 0.2) is 39.1 Å². The predicted octanol–water partition coefficient (Wildman–Crippen LogP) is 5.78. The summed E-state index contributed by atoms with van der Waals surface area (Å²) in [5, 5.41) is 10.8. The van der Waals surface area contributed by atoms with E-state index in [2.05, 4.69) is 6.92 Å². The molecule has 0 fully saturated rings. The first kappa shape index (κ1) is 22.5. The first-order chi connectivity index (χ1) is 13.9. The van der Waals surface area contributed by atoms with Crippen LogP contribution in [0, 0.1) is 0 Å². The van der Waals surface area contributed by atoms with Gasteiger partial charge in [0, 0.05) is 16.5 Å². The van der Waals surface area contributed by atoms with E-state index in [9.17, 15) is 14.7 Å². The standard InChI is InChI=1S/C24H30O5/c1-5-7-8-9-10-11-19-20-15-18(25)14-17(13-12-16(3)4)22(20)29-24(27)21(19)23(26)28-6-2/h10-12,14-15,25H,5-9,13H2,1-4H3/b11-10+. The van der Waals surface area contributed by atoms with Gasteiger partial charge in [0.25, 0.3) is 0 Å². The quantitative estimate of drug-likeness (QED) is 0.251. The summed E-state index contributed by atoms with van der Waals surface area (Å²) in [6.45, 7) is 7.93. The summed E-state index contributed by atoms with van der Waals surface area (Å²) in [5.41, 5.74) is 1.75. The van der Waals surface area contributed by atoms with E-state index in [0.717, 1.165) is 31.3 Å². The highest BCUT2D eigenvalue weighted by molar-refractivity contribution is 6.01. The first-order valence-corrected chi connectivity index (χ1v) is 10.2.